The lowest BCUT2D eigenvalue weighted by Gasteiger charge is -2.35. The van der Waals surface area contributed by atoms with Crippen LogP contribution in [0.25, 0.3) is 0 Å². The van der Waals surface area contributed by atoms with Crippen molar-refractivity contribution in [3.8, 4) is 5.75 Å². The maximum Gasteiger partial charge on any atom is 0.573 e. The highest BCUT2D eigenvalue weighted by Crippen LogP contribution is 2.32. The van der Waals surface area contributed by atoms with Gasteiger partial charge >= 0.3 is 6.36 Å². The second kappa shape index (κ2) is 8.67. The number of nitrogens with one attached hydrogen (secondary N) is 1. The molecule has 0 aromatic heterocycles. The van der Waals surface area contributed by atoms with Crippen molar-refractivity contribution in [2.75, 3.05) is 26.2 Å². The molecule has 24 heavy (non-hydrogen) atoms. The molecule has 0 radical (unpaired) electrons. The molecule has 3 nitrogen and oxygen atoms in total. The lowest BCUT2D eigenvalue weighted by molar-refractivity contribution is -0.275. The minimum absolute atomic E-state index is 0.0214. The highest BCUT2D eigenvalue weighted by molar-refractivity contribution is 5.31. The fraction of sp³-hybridized carbons (Fsp3) is 0.647. The van der Waals surface area contributed by atoms with Crippen LogP contribution in [0.2, 0.25) is 0 Å². The summed E-state index contributed by atoms with van der Waals surface area (Å²) in [6, 6.07) is 3.82. The van der Waals surface area contributed by atoms with Crippen LogP contribution in [0.3, 0.4) is 0 Å². The number of benzene rings is 1. The predicted octanol–water partition coefficient (Wildman–Crippen LogP) is 4.25. The van der Waals surface area contributed by atoms with Gasteiger partial charge in [-0.05, 0) is 24.1 Å². The Balaban J connectivity index is 2.16. The van der Waals surface area contributed by atoms with E-state index in [9.17, 15) is 17.6 Å². The Morgan fingerprint density at radius 1 is 1.21 bits per heavy atom. The summed E-state index contributed by atoms with van der Waals surface area (Å²) < 4.78 is 54.6. The van der Waals surface area contributed by atoms with E-state index in [2.05, 4.69) is 21.9 Å². The summed E-state index contributed by atoms with van der Waals surface area (Å²) in [6.45, 7) is 5.53. The first-order valence-electron chi connectivity index (χ1n) is 8.40. The monoisotopic (exact) mass is 348 g/mol. The number of unbranched alkanes of at least 4 members (excludes halogenated alkanes) is 2. The van der Waals surface area contributed by atoms with Crippen LogP contribution in [0.4, 0.5) is 17.6 Å². The van der Waals surface area contributed by atoms with E-state index in [-0.39, 0.29) is 6.04 Å². The number of alkyl halides is 3. The molecule has 7 heteroatoms. The SMILES string of the molecule is CCCCC[C@H](c1ccc(OC(F)(F)F)c(F)c1)N1CCNCC1. The van der Waals surface area contributed by atoms with E-state index < -0.39 is 17.9 Å². The Morgan fingerprint density at radius 2 is 1.92 bits per heavy atom. The molecular formula is C17H24F4N2O. The van der Waals surface area contributed by atoms with Crippen LogP contribution in [0.5, 0.6) is 5.75 Å². The summed E-state index contributed by atoms with van der Waals surface area (Å²) in [5.74, 6) is -1.75. The second-order valence-corrected chi connectivity index (χ2v) is 6.04. The van der Waals surface area contributed by atoms with Crippen molar-refractivity contribution in [1.29, 1.82) is 0 Å². The van der Waals surface area contributed by atoms with Crippen LogP contribution >= 0.6 is 0 Å². The van der Waals surface area contributed by atoms with Gasteiger partial charge in [-0.25, -0.2) is 4.39 Å². The molecule has 0 spiro atoms. The Hall–Kier alpha value is -1.34. The van der Waals surface area contributed by atoms with Gasteiger partial charge in [0.2, 0.25) is 0 Å². The van der Waals surface area contributed by atoms with E-state index in [1.54, 1.807) is 6.07 Å². The van der Waals surface area contributed by atoms with Crippen molar-refractivity contribution in [3.63, 3.8) is 0 Å². The third kappa shape index (κ3) is 5.63. The average molecular weight is 348 g/mol. The van der Waals surface area contributed by atoms with Crippen LogP contribution in [0, 0.1) is 5.82 Å². The Bertz CT molecular complexity index is 516. The zero-order valence-corrected chi connectivity index (χ0v) is 13.8. The summed E-state index contributed by atoms with van der Waals surface area (Å²) in [6.07, 6.45) is -0.844. The van der Waals surface area contributed by atoms with Gasteiger partial charge in [-0.1, -0.05) is 32.3 Å². The van der Waals surface area contributed by atoms with Crippen molar-refractivity contribution in [2.45, 2.75) is 45.0 Å². The number of ether oxygens (including phenoxy) is 1. The van der Waals surface area contributed by atoms with Crippen LogP contribution in [0.15, 0.2) is 18.2 Å². The van der Waals surface area contributed by atoms with Gasteiger partial charge < -0.3 is 10.1 Å². The van der Waals surface area contributed by atoms with Crippen molar-refractivity contribution >= 4 is 0 Å². The van der Waals surface area contributed by atoms with Gasteiger partial charge in [-0.3, -0.25) is 4.90 Å². The molecule has 1 atom stereocenters. The second-order valence-electron chi connectivity index (χ2n) is 6.04. The van der Waals surface area contributed by atoms with E-state index in [4.69, 9.17) is 0 Å². The minimum atomic E-state index is -4.89. The third-order valence-electron chi connectivity index (χ3n) is 4.24. The molecule has 136 valence electrons. The molecule has 1 N–H and O–H groups in total. The summed E-state index contributed by atoms with van der Waals surface area (Å²) in [5, 5.41) is 3.27. The molecule has 1 heterocycles. The smallest absolute Gasteiger partial charge is 0.403 e. The fourth-order valence-electron chi connectivity index (χ4n) is 3.07. The van der Waals surface area contributed by atoms with Crippen molar-refractivity contribution in [2.24, 2.45) is 0 Å². The molecule has 1 fully saturated rings. The molecule has 2 rings (SSSR count). The number of rotatable bonds is 7. The van der Waals surface area contributed by atoms with Crippen LogP contribution < -0.4 is 10.1 Å². The van der Waals surface area contributed by atoms with E-state index in [1.807, 2.05) is 0 Å². The van der Waals surface area contributed by atoms with Gasteiger partial charge in [0.25, 0.3) is 0 Å². The number of hydrogen-bond donors (Lipinski definition) is 1. The zero-order valence-electron chi connectivity index (χ0n) is 13.8. The molecule has 0 aliphatic carbocycles. The highest BCUT2D eigenvalue weighted by Gasteiger charge is 2.32. The van der Waals surface area contributed by atoms with Gasteiger partial charge in [0.15, 0.2) is 11.6 Å². The van der Waals surface area contributed by atoms with Gasteiger partial charge in [-0.2, -0.15) is 0 Å². The van der Waals surface area contributed by atoms with Crippen LogP contribution in [-0.4, -0.2) is 37.4 Å². The van der Waals surface area contributed by atoms with Crippen LogP contribution in [-0.2, 0) is 0 Å². The van der Waals surface area contributed by atoms with Crippen molar-refractivity contribution in [1.82, 2.24) is 10.2 Å². The standard InChI is InChI=1S/C17H24F4N2O/c1-2-3-4-5-15(23-10-8-22-9-11-23)13-6-7-16(14(18)12-13)24-17(19,20)21/h6-7,12,15,22H,2-5,8-11H2,1H3/t15-/m1/s1. The fourth-order valence-corrected chi connectivity index (χ4v) is 3.07. The van der Waals surface area contributed by atoms with E-state index >= 15 is 0 Å². The number of piperazine rings is 1. The average Bonchev–Trinajstić information content (AvgIpc) is 2.53. The normalized spacial score (nSPS) is 17.7. The Labute approximate surface area is 140 Å². The molecule has 1 aromatic carbocycles. The third-order valence-corrected chi connectivity index (χ3v) is 4.24. The van der Waals surface area contributed by atoms with Crippen molar-refractivity contribution in [3.05, 3.63) is 29.6 Å². The predicted molar refractivity (Wildman–Crippen MR) is 84.4 cm³/mol. The zero-order chi connectivity index (χ0) is 17.6. The van der Waals surface area contributed by atoms with E-state index in [1.165, 1.54) is 6.07 Å². The number of nitrogens with zero attached hydrogens (tertiary/aromatic N) is 1. The van der Waals surface area contributed by atoms with Crippen molar-refractivity contribution < 1.29 is 22.3 Å². The topological polar surface area (TPSA) is 24.5 Å². The summed E-state index contributed by atoms with van der Waals surface area (Å²) in [4.78, 5) is 2.27. The largest absolute Gasteiger partial charge is 0.573 e. The summed E-state index contributed by atoms with van der Waals surface area (Å²) in [5.41, 5.74) is 0.708. The molecule has 1 aliphatic rings. The first kappa shape index (κ1) is 19.0. The minimum Gasteiger partial charge on any atom is -0.403 e. The lowest BCUT2D eigenvalue weighted by Crippen LogP contribution is -2.45. The molecule has 0 bridgehead atoms. The first-order valence-corrected chi connectivity index (χ1v) is 8.40. The molecule has 0 saturated carbocycles. The van der Waals surface area contributed by atoms with Gasteiger partial charge in [-0.15, -0.1) is 13.2 Å². The Morgan fingerprint density at radius 3 is 2.50 bits per heavy atom. The van der Waals surface area contributed by atoms with E-state index in [0.29, 0.717) is 5.56 Å². The molecule has 0 unspecified atom stereocenters. The first-order chi connectivity index (χ1) is 11.4. The number of halogens is 4. The summed E-state index contributed by atoms with van der Waals surface area (Å²) >= 11 is 0. The Kier molecular flexibility index (Phi) is 6.86. The van der Waals surface area contributed by atoms with Crippen LogP contribution in [0.1, 0.15) is 44.2 Å². The van der Waals surface area contributed by atoms with Gasteiger partial charge in [0, 0.05) is 32.2 Å². The molecule has 1 aliphatic heterocycles. The van der Waals surface area contributed by atoms with E-state index in [0.717, 1.165) is 57.9 Å². The molecular weight excluding hydrogens is 324 g/mol. The molecule has 1 aromatic rings. The summed E-state index contributed by atoms with van der Waals surface area (Å²) in [7, 11) is 0. The molecule has 1 saturated heterocycles. The maximum atomic E-state index is 14.0. The lowest BCUT2D eigenvalue weighted by atomic mass is 9.98. The highest BCUT2D eigenvalue weighted by atomic mass is 19.4. The number of hydrogen-bond acceptors (Lipinski definition) is 3. The maximum absolute atomic E-state index is 14.0. The van der Waals surface area contributed by atoms with Gasteiger partial charge in [0.05, 0.1) is 0 Å². The van der Waals surface area contributed by atoms with Gasteiger partial charge in [0.1, 0.15) is 0 Å². The quantitative estimate of drug-likeness (QED) is 0.589. The molecule has 0 amide bonds.